The van der Waals surface area contributed by atoms with Crippen LogP contribution < -0.4 is 10.6 Å². The number of rotatable bonds is 4. The molecule has 7 nitrogen and oxygen atoms in total. The molecule has 3 amide bonds. The molecule has 2 aromatic heterocycles. The Morgan fingerprint density at radius 2 is 2.00 bits per heavy atom. The van der Waals surface area contributed by atoms with Crippen molar-refractivity contribution in [2.75, 3.05) is 18.4 Å². The van der Waals surface area contributed by atoms with Gasteiger partial charge in [-0.3, -0.25) is 9.78 Å². The molecule has 1 aliphatic carbocycles. The number of urea groups is 1. The summed E-state index contributed by atoms with van der Waals surface area (Å²) in [6, 6.07) is 4.17. The van der Waals surface area contributed by atoms with Crippen molar-refractivity contribution in [3.63, 3.8) is 0 Å². The summed E-state index contributed by atoms with van der Waals surface area (Å²) in [5.41, 5.74) is 1.74. The zero-order valence-corrected chi connectivity index (χ0v) is 15.2. The number of hydrogen-bond acceptors (Lipinski definition) is 5. The van der Waals surface area contributed by atoms with E-state index in [2.05, 4.69) is 20.6 Å². The molecule has 0 radical (unpaired) electrons. The first-order valence-corrected chi connectivity index (χ1v) is 9.79. The minimum absolute atomic E-state index is 0.00685. The average Bonchev–Trinajstić information content (AvgIpc) is 3.37. The number of anilines is 1. The Bertz CT molecular complexity index is 782. The van der Waals surface area contributed by atoms with E-state index in [4.69, 9.17) is 0 Å². The van der Waals surface area contributed by atoms with Crippen molar-refractivity contribution in [1.82, 2.24) is 20.2 Å². The van der Waals surface area contributed by atoms with Crippen molar-refractivity contribution in [1.29, 1.82) is 0 Å². The Labute approximate surface area is 155 Å². The van der Waals surface area contributed by atoms with Gasteiger partial charge in [0.1, 0.15) is 0 Å². The predicted octanol–water partition coefficient (Wildman–Crippen LogP) is 2.73. The number of hydrogen-bond donors (Lipinski definition) is 2. The number of pyridine rings is 1. The largest absolute Gasteiger partial charge is 0.335 e. The molecule has 0 spiro atoms. The van der Waals surface area contributed by atoms with Gasteiger partial charge in [-0.05, 0) is 37.8 Å². The molecule has 3 heterocycles. The Balaban J connectivity index is 1.29. The van der Waals surface area contributed by atoms with Gasteiger partial charge in [-0.1, -0.05) is 0 Å². The van der Waals surface area contributed by atoms with E-state index in [-0.39, 0.29) is 17.9 Å². The second kappa shape index (κ2) is 7.41. The van der Waals surface area contributed by atoms with E-state index in [0.717, 1.165) is 24.1 Å². The fourth-order valence-electron chi connectivity index (χ4n) is 3.02. The maximum Gasteiger partial charge on any atom is 0.317 e. The standard InChI is InChI=1S/C18H21N5O2S/c24-16(12-5-8-23(9-6-12)18(25)20-14-3-4-14)22-17-21-15(11-26-17)13-2-1-7-19-10-13/h1-2,7,10-12,14H,3-6,8-9H2,(H,20,25)(H,21,22,24). The third-order valence-corrected chi connectivity index (χ3v) is 5.51. The van der Waals surface area contributed by atoms with Crippen molar-refractivity contribution in [2.45, 2.75) is 31.7 Å². The summed E-state index contributed by atoms with van der Waals surface area (Å²) in [5, 5.41) is 8.43. The van der Waals surface area contributed by atoms with Crippen molar-refractivity contribution < 1.29 is 9.59 Å². The SMILES string of the molecule is O=C(Nc1nc(-c2cccnc2)cs1)C1CCN(C(=O)NC2CC2)CC1. The number of amides is 3. The molecule has 8 heteroatoms. The van der Waals surface area contributed by atoms with E-state index < -0.39 is 0 Å². The molecular formula is C18H21N5O2S. The van der Waals surface area contributed by atoms with Crippen LogP contribution in [-0.4, -0.2) is 45.9 Å². The number of piperidine rings is 1. The van der Waals surface area contributed by atoms with E-state index in [9.17, 15) is 9.59 Å². The number of thiazole rings is 1. The average molecular weight is 371 g/mol. The van der Waals surface area contributed by atoms with Crippen LogP contribution in [0.15, 0.2) is 29.9 Å². The van der Waals surface area contributed by atoms with Gasteiger partial charge in [0.2, 0.25) is 5.91 Å². The summed E-state index contributed by atoms with van der Waals surface area (Å²) in [4.78, 5) is 34.9. The first kappa shape index (κ1) is 17.0. The molecule has 4 rings (SSSR count). The monoisotopic (exact) mass is 371 g/mol. The van der Waals surface area contributed by atoms with Gasteiger partial charge in [0, 0.05) is 48.4 Å². The third kappa shape index (κ3) is 4.01. The molecule has 1 saturated heterocycles. The Morgan fingerprint density at radius 1 is 1.19 bits per heavy atom. The maximum atomic E-state index is 12.5. The molecule has 2 aromatic rings. The molecule has 1 saturated carbocycles. The van der Waals surface area contributed by atoms with Gasteiger partial charge in [-0.15, -0.1) is 11.3 Å². The van der Waals surface area contributed by atoms with Gasteiger partial charge in [-0.25, -0.2) is 9.78 Å². The molecule has 0 atom stereocenters. The van der Waals surface area contributed by atoms with Crippen LogP contribution in [0.3, 0.4) is 0 Å². The van der Waals surface area contributed by atoms with Crippen LogP contribution in [0.1, 0.15) is 25.7 Å². The van der Waals surface area contributed by atoms with E-state index >= 15 is 0 Å². The molecule has 1 aliphatic heterocycles. The van der Waals surface area contributed by atoms with Gasteiger partial charge in [-0.2, -0.15) is 0 Å². The van der Waals surface area contributed by atoms with Gasteiger partial charge in [0.15, 0.2) is 5.13 Å². The minimum atomic E-state index is -0.0780. The summed E-state index contributed by atoms with van der Waals surface area (Å²) in [6.07, 6.45) is 7.01. The number of aromatic nitrogens is 2. The van der Waals surface area contributed by atoms with Crippen molar-refractivity contribution in [2.24, 2.45) is 5.92 Å². The fraction of sp³-hybridized carbons (Fsp3) is 0.444. The number of nitrogens with zero attached hydrogens (tertiary/aromatic N) is 3. The molecule has 0 bridgehead atoms. The molecule has 0 aromatic carbocycles. The number of likely N-dealkylation sites (tertiary alicyclic amines) is 1. The highest BCUT2D eigenvalue weighted by Gasteiger charge is 2.30. The lowest BCUT2D eigenvalue weighted by molar-refractivity contribution is -0.121. The topological polar surface area (TPSA) is 87.2 Å². The first-order valence-electron chi connectivity index (χ1n) is 8.91. The van der Waals surface area contributed by atoms with Crippen LogP contribution in [0.2, 0.25) is 0 Å². The summed E-state index contributed by atoms with van der Waals surface area (Å²) < 4.78 is 0. The summed E-state index contributed by atoms with van der Waals surface area (Å²) in [7, 11) is 0. The summed E-state index contributed by atoms with van der Waals surface area (Å²) in [5.74, 6) is -0.0925. The first-order chi connectivity index (χ1) is 12.7. The molecule has 2 fully saturated rings. The molecule has 0 unspecified atom stereocenters. The van der Waals surface area contributed by atoms with Gasteiger partial charge >= 0.3 is 6.03 Å². The lowest BCUT2D eigenvalue weighted by Gasteiger charge is -2.31. The normalized spacial score (nSPS) is 17.8. The number of carbonyl (C=O) groups excluding carboxylic acids is 2. The van der Waals surface area contributed by atoms with Crippen LogP contribution in [0.4, 0.5) is 9.93 Å². The molecule has 136 valence electrons. The van der Waals surface area contributed by atoms with E-state index in [0.29, 0.717) is 37.1 Å². The molecule has 2 aliphatic rings. The summed E-state index contributed by atoms with van der Waals surface area (Å²) >= 11 is 1.41. The van der Waals surface area contributed by atoms with Gasteiger partial charge in [0.05, 0.1) is 5.69 Å². The van der Waals surface area contributed by atoms with Crippen molar-refractivity contribution in [3.05, 3.63) is 29.9 Å². The van der Waals surface area contributed by atoms with Crippen molar-refractivity contribution >= 4 is 28.4 Å². The van der Waals surface area contributed by atoms with Gasteiger partial charge < -0.3 is 15.5 Å². The third-order valence-electron chi connectivity index (χ3n) is 4.75. The van der Waals surface area contributed by atoms with Crippen LogP contribution in [0.25, 0.3) is 11.3 Å². The van der Waals surface area contributed by atoms with Crippen LogP contribution >= 0.6 is 11.3 Å². The molecule has 26 heavy (non-hydrogen) atoms. The van der Waals surface area contributed by atoms with E-state index in [1.807, 2.05) is 22.4 Å². The quantitative estimate of drug-likeness (QED) is 0.865. The van der Waals surface area contributed by atoms with E-state index in [1.165, 1.54) is 11.3 Å². The highest BCUT2D eigenvalue weighted by molar-refractivity contribution is 7.14. The second-order valence-corrected chi connectivity index (χ2v) is 7.61. The lowest BCUT2D eigenvalue weighted by atomic mass is 9.96. The fourth-order valence-corrected chi connectivity index (χ4v) is 3.75. The Kier molecular flexibility index (Phi) is 4.83. The lowest BCUT2D eigenvalue weighted by Crippen LogP contribution is -2.46. The van der Waals surface area contributed by atoms with Gasteiger partial charge in [0.25, 0.3) is 0 Å². The second-order valence-electron chi connectivity index (χ2n) is 6.75. The number of carbonyl (C=O) groups is 2. The predicted molar refractivity (Wildman–Crippen MR) is 99.8 cm³/mol. The zero-order chi connectivity index (χ0) is 17.9. The van der Waals surface area contributed by atoms with Crippen LogP contribution in [-0.2, 0) is 4.79 Å². The number of nitrogens with one attached hydrogen (secondary N) is 2. The zero-order valence-electron chi connectivity index (χ0n) is 14.4. The Hall–Kier alpha value is -2.48. The van der Waals surface area contributed by atoms with Crippen LogP contribution in [0.5, 0.6) is 0 Å². The van der Waals surface area contributed by atoms with Crippen molar-refractivity contribution in [3.8, 4) is 11.3 Å². The highest BCUT2D eigenvalue weighted by atomic mass is 32.1. The minimum Gasteiger partial charge on any atom is -0.335 e. The smallest absolute Gasteiger partial charge is 0.317 e. The van der Waals surface area contributed by atoms with E-state index in [1.54, 1.807) is 12.4 Å². The molecule has 2 N–H and O–H groups in total. The maximum absolute atomic E-state index is 12.5. The summed E-state index contributed by atoms with van der Waals surface area (Å²) in [6.45, 7) is 1.24. The Morgan fingerprint density at radius 3 is 2.69 bits per heavy atom. The highest BCUT2D eigenvalue weighted by Crippen LogP contribution is 2.26. The molecular weight excluding hydrogens is 350 g/mol. The van der Waals surface area contributed by atoms with Crippen LogP contribution in [0, 0.1) is 5.92 Å².